The Morgan fingerprint density at radius 3 is 1.43 bits per heavy atom. The van der Waals surface area contributed by atoms with Crippen LogP contribution in [0.2, 0.25) is 0 Å². The molecule has 0 aliphatic carbocycles. The van der Waals surface area contributed by atoms with Gasteiger partial charge in [-0.3, -0.25) is 0 Å². The number of hydrogen-bond acceptors (Lipinski definition) is 7. The third kappa shape index (κ3) is 7.02. The van der Waals surface area contributed by atoms with E-state index in [0.29, 0.717) is 5.56 Å². The molecule has 0 heterocycles. The van der Waals surface area contributed by atoms with Crippen molar-refractivity contribution in [1.82, 2.24) is 0 Å². The molecule has 202 valence electrons. The van der Waals surface area contributed by atoms with Crippen LogP contribution in [0.5, 0.6) is 0 Å². The molecule has 3 aromatic carbocycles. The van der Waals surface area contributed by atoms with Crippen LogP contribution in [0.3, 0.4) is 0 Å². The second-order valence-corrected chi connectivity index (χ2v) is 10.8. The number of benzene rings is 3. The van der Waals surface area contributed by atoms with Crippen LogP contribution in [0.25, 0.3) is 0 Å². The van der Waals surface area contributed by atoms with Crippen LogP contribution in [0, 0.1) is 5.41 Å². The summed E-state index contributed by atoms with van der Waals surface area (Å²) < 4.78 is 0. The molecule has 0 saturated carbocycles. The van der Waals surface area contributed by atoms with E-state index in [0.717, 1.165) is 16.7 Å². The standard InChI is InChI=1S/C29H36O4.H3O3P/c1-27(2,21-11-7-5-8-12-21)23-15-16-24(26(33)29(18-30,19-31)20-32)25(17-23)28(3,4)22-13-9-6-10-14-22;1-4(2)3/h5-17,26,30-33H,18-20H2,1-4H3;1-3H. The zero-order chi connectivity index (χ0) is 27.9. The summed E-state index contributed by atoms with van der Waals surface area (Å²) in [5.74, 6) is 0. The highest BCUT2D eigenvalue weighted by Gasteiger charge is 2.41. The van der Waals surface area contributed by atoms with Crippen LogP contribution in [-0.2, 0) is 10.8 Å². The lowest BCUT2D eigenvalue weighted by atomic mass is 9.69. The molecule has 0 bridgehead atoms. The fourth-order valence-corrected chi connectivity index (χ4v) is 4.50. The van der Waals surface area contributed by atoms with Crippen molar-refractivity contribution in [3.05, 3.63) is 107 Å². The molecule has 0 aromatic heterocycles. The monoisotopic (exact) mass is 530 g/mol. The molecule has 0 aliphatic rings. The number of aliphatic hydroxyl groups is 4. The average molecular weight is 531 g/mol. The Morgan fingerprint density at radius 1 is 0.622 bits per heavy atom. The van der Waals surface area contributed by atoms with E-state index >= 15 is 0 Å². The summed E-state index contributed by atoms with van der Waals surface area (Å²) in [7, 11) is -2.62. The second kappa shape index (κ2) is 13.1. The molecule has 37 heavy (non-hydrogen) atoms. The van der Waals surface area contributed by atoms with Gasteiger partial charge in [0.05, 0.1) is 31.3 Å². The fourth-order valence-electron chi connectivity index (χ4n) is 4.50. The fraction of sp³-hybridized carbons (Fsp3) is 0.379. The van der Waals surface area contributed by atoms with Crippen LogP contribution in [0.1, 0.15) is 61.6 Å². The van der Waals surface area contributed by atoms with Crippen LogP contribution in [0.15, 0.2) is 78.9 Å². The summed E-state index contributed by atoms with van der Waals surface area (Å²) in [6, 6.07) is 26.3. The Hall–Kier alpha value is -2.19. The van der Waals surface area contributed by atoms with Gasteiger partial charge in [-0.1, -0.05) is 107 Å². The van der Waals surface area contributed by atoms with Crippen molar-refractivity contribution in [3.63, 3.8) is 0 Å². The first-order valence-electron chi connectivity index (χ1n) is 12.0. The third-order valence-electron chi connectivity index (χ3n) is 7.26. The summed E-state index contributed by atoms with van der Waals surface area (Å²) in [4.78, 5) is 21.7. The van der Waals surface area contributed by atoms with Crippen molar-refractivity contribution in [3.8, 4) is 0 Å². The number of aliphatic hydroxyl groups excluding tert-OH is 4. The summed E-state index contributed by atoms with van der Waals surface area (Å²) in [5.41, 5.74) is 2.62. The minimum atomic E-state index is -2.62. The van der Waals surface area contributed by atoms with Crippen molar-refractivity contribution < 1.29 is 35.1 Å². The predicted octanol–water partition coefficient (Wildman–Crippen LogP) is 3.53. The maximum absolute atomic E-state index is 11.4. The molecule has 0 aliphatic heterocycles. The molecule has 1 unspecified atom stereocenters. The normalized spacial score (nSPS) is 13.2. The lowest BCUT2D eigenvalue weighted by Gasteiger charge is -2.38. The van der Waals surface area contributed by atoms with Crippen LogP contribution < -0.4 is 0 Å². The van der Waals surface area contributed by atoms with Crippen LogP contribution >= 0.6 is 8.60 Å². The highest BCUT2D eigenvalue weighted by Crippen LogP contribution is 2.43. The smallest absolute Gasteiger partial charge is 0.324 e. The zero-order valence-electron chi connectivity index (χ0n) is 21.8. The van der Waals surface area contributed by atoms with E-state index in [2.05, 4.69) is 58.0 Å². The lowest BCUT2D eigenvalue weighted by Crippen LogP contribution is -2.41. The molecule has 0 spiro atoms. The maximum Gasteiger partial charge on any atom is 0.324 e. The molecule has 3 aromatic rings. The first kappa shape index (κ1) is 31.0. The minimum absolute atomic E-state index is 0.283. The van der Waals surface area contributed by atoms with Gasteiger partial charge < -0.3 is 35.1 Å². The first-order valence-corrected chi connectivity index (χ1v) is 13.2. The van der Waals surface area contributed by atoms with E-state index in [1.54, 1.807) is 0 Å². The van der Waals surface area contributed by atoms with E-state index in [1.807, 2.05) is 48.5 Å². The van der Waals surface area contributed by atoms with Gasteiger partial charge in [0, 0.05) is 10.8 Å². The molecule has 0 amide bonds. The largest absolute Gasteiger partial charge is 0.395 e. The molecule has 0 radical (unpaired) electrons. The SMILES string of the molecule is CC(C)(c1ccccc1)c1ccc(C(O)C(CO)(CO)CO)c(C(C)(C)c2ccccc2)c1.OP(O)O. The summed E-state index contributed by atoms with van der Waals surface area (Å²) in [6.07, 6.45) is -1.25. The minimum Gasteiger partial charge on any atom is -0.395 e. The van der Waals surface area contributed by atoms with Gasteiger partial charge in [0.1, 0.15) is 0 Å². The first-order chi connectivity index (χ1) is 17.4. The Morgan fingerprint density at radius 2 is 1.03 bits per heavy atom. The van der Waals surface area contributed by atoms with Crippen LogP contribution in [0.4, 0.5) is 0 Å². The van der Waals surface area contributed by atoms with Gasteiger partial charge in [-0.15, -0.1) is 0 Å². The Labute approximate surface area is 220 Å². The molecular weight excluding hydrogens is 491 g/mol. The van der Waals surface area contributed by atoms with E-state index < -0.39 is 45.4 Å². The molecular formula is C29H39O7P. The van der Waals surface area contributed by atoms with Gasteiger partial charge in [0.25, 0.3) is 0 Å². The second-order valence-electron chi connectivity index (χ2n) is 10.3. The van der Waals surface area contributed by atoms with E-state index in [1.165, 1.54) is 5.56 Å². The van der Waals surface area contributed by atoms with E-state index in [9.17, 15) is 20.4 Å². The summed E-state index contributed by atoms with van der Waals surface area (Å²) >= 11 is 0. The van der Waals surface area contributed by atoms with Crippen molar-refractivity contribution in [1.29, 1.82) is 0 Å². The topological polar surface area (TPSA) is 142 Å². The number of hydrogen-bond donors (Lipinski definition) is 7. The lowest BCUT2D eigenvalue weighted by molar-refractivity contribution is -0.0857. The molecule has 1 atom stereocenters. The molecule has 8 heteroatoms. The van der Waals surface area contributed by atoms with Crippen molar-refractivity contribution >= 4 is 8.60 Å². The third-order valence-corrected chi connectivity index (χ3v) is 7.26. The highest BCUT2D eigenvalue weighted by atomic mass is 31.2. The average Bonchev–Trinajstić information content (AvgIpc) is 2.90. The molecule has 0 fully saturated rings. The summed E-state index contributed by atoms with van der Waals surface area (Å²) in [6.45, 7) is 6.94. The molecule has 7 nitrogen and oxygen atoms in total. The number of rotatable bonds is 9. The summed E-state index contributed by atoms with van der Waals surface area (Å²) in [5, 5.41) is 41.3. The van der Waals surface area contributed by atoms with E-state index in [-0.39, 0.29) is 5.41 Å². The maximum atomic E-state index is 11.4. The van der Waals surface area contributed by atoms with Gasteiger partial charge in [-0.25, -0.2) is 0 Å². The van der Waals surface area contributed by atoms with Crippen LogP contribution in [-0.4, -0.2) is 54.9 Å². The van der Waals surface area contributed by atoms with E-state index in [4.69, 9.17) is 14.7 Å². The predicted molar refractivity (Wildman–Crippen MR) is 146 cm³/mol. The molecule has 7 N–H and O–H groups in total. The van der Waals surface area contributed by atoms with Gasteiger partial charge in [-0.05, 0) is 27.8 Å². The Bertz CT molecular complexity index is 1090. The molecule has 3 rings (SSSR count). The Balaban J connectivity index is 0.00000112. The van der Waals surface area contributed by atoms with Crippen molar-refractivity contribution in [2.75, 3.05) is 19.8 Å². The highest BCUT2D eigenvalue weighted by molar-refractivity contribution is 7.38. The molecule has 0 saturated heterocycles. The van der Waals surface area contributed by atoms with Gasteiger partial charge in [0.15, 0.2) is 0 Å². The zero-order valence-corrected chi connectivity index (χ0v) is 22.7. The quantitative estimate of drug-likeness (QED) is 0.210. The van der Waals surface area contributed by atoms with Gasteiger partial charge >= 0.3 is 8.60 Å². The van der Waals surface area contributed by atoms with Gasteiger partial charge in [0.2, 0.25) is 0 Å². The van der Waals surface area contributed by atoms with Gasteiger partial charge in [-0.2, -0.15) is 0 Å². The Kier molecular flexibility index (Phi) is 10.9. The van der Waals surface area contributed by atoms with Crippen molar-refractivity contribution in [2.24, 2.45) is 5.41 Å². The van der Waals surface area contributed by atoms with Crippen molar-refractivity contribution in [2.45, 2.75) is 44.6 Å².